The summed E-state index contributed by atoms with van der Waals surface area (Å²) >= 11 is 0. The zero-order valence-electron chi connectivity index (χ0n) is 16.2. The maximum absolute atomic E-state index is 12.8. The van der Waals surface area contributed by atoms with Crippen LogP contribution in [0.25, 0.3) is 0 Å². The first-order valence-electron chi connectivity index (χ1n) is 9.80. The summed E-state index contributed by atoms with van der Waals surface area (Å²) in [7, 11) is 0. The molecule has 0 heterocycles. The monoisotopic (exact) mass is 358 g/mol. The Morgan fingerprint density at radius 3 is 2.38 bits per heavy atom. The Kier molecular flexibility index (Phi) is 5.40. The highest BCUT2D eigenvalue weighted by molar-refractivity contribution is 5.74. The van der Waals surface area contributed by atoms with Gasteiger partial charge in [-0.05, 0) is 56.9 Å². The Morgan fingerprint density at radius 1 is 1.12 bits per heavy atom. The average molecular weight is 358 g/mol. The Labute approximate surface area is 156 Å². The van der Waals surface area contributed by atoms with E-state index in [1.807, 2.05) is 58.0 Å². The minimum absolute atomic E-state index is 0.0207. The summed E-state index contributed by atoms with van der Waals surface area (Å²) in [5.41, 5.74) is 0.361. The Hall–Kier alpha value is -1.84. The van der Waals surface area contributed by atoms with Crippen molar-refractivity contribution >= 4 is 11.9 Å². The number of ether oxygens (including phenoxy) is 2. The molecule has 0 N–H and O–H groups in total. The molecule has 0 aromatic heterocycles. The number of esters is 2. The number of hydrogen-bond donors (Lipinski definition) is 0. The van der Waals surface area contributed by atoms with Crippen molar-refractivity contribution in [2.24, 2.45) is 23.7 Å². The fraction of sp³-hybridized carbons (Fsp3) is 0.636. The molecule has 0 saturated heterocycles. The van der Waals surface area contributed by atoms with Crippen LogP contribution >= 0.6 is 0 Å². The number of benzene rings is 1. The average Bonchev–Trinajstić information content (AvgIpc) is 3.21. The molecule has 2 bridgehead atoms. The number of hydrogen-bond acceptors (Lipinski definition) is 4. The van der Waals surface area contributed by atoms with E-state index in [-0.39, 0.29) is 35.8 Å². The van der Waals surface area contributed by atoms with Gasteiger partial charge in [0.25, 0.3) is 0 Å². The fourth-order valence-corrected chi connectivity index (χ4v) is 4.31. The molecule has 26 heavy (non-hydrogen) atoms. The Balaban J connectivity index is 1.57. The second-order valence-electron chi connectivity index (χ2n) is 8.42. The van der Waals surface area contributed by atoms with E-state index < -0.39 is 5.60 Å². The molecule has 142 valence electrons. The zero-order chi connectivity index (χ0) is 18.9. The van der Waals surface area contributed by atoms with Crippen LogP contribution in [0.2, 0.25) is 0 Å². The molecule has 0 radical (unpaired) electrons. The minimum Gasteiger partial charge on any atom is -0.462 e. The zero-order valence-corrected chi connectivity index (χ0v) is 16.2. The van der Waals surface area contributed by atoms with E-state index in [4.69, 9.17) is 9.47 Å². The first kappa shape index (κ1) is 18.9. The van der Waals surface area contributed by atoms with E-state index in [0.29, 0.717) is 5.92 Å². The molecule has 3 rings (SSSR count). The van der Waals surface area contributed by atoms with Gasteiger partial charge in [-0.1, -0.05) is 44.2 Å². The number of carbonyl (C=O) groups is 2. The third-order valence-corrected chi connectivity index (χ3v) is 6.20. The summed E-state index contributed by atoms with van der Waals surface area (Å²) in [6.45, 7) is 7.77. The smallest absolute Gasteiger partial charge is 0.310 e. The molecule has 1 aromatic carbocycles. The van der Waals surface area contributed by atoms with Gasteiger partial charge in [-0.3, -0.25) is 9.59 Å². The van der Waals surface area contributed by atoms with Crippen molar-refractivity contribution in [3.8, 4) is 0 Å². The molecule has 1 aromatic rings. The van der Waals surface area contributed by atoms with Gasteiger partial charge in [0, 0.05) is 0 Å². The van der Waals surface area contributed by atoms with Crippen LogP contribution in [0.3, 0.4) is 0 Å². The molecule has 4 heteroatoms. The molecule has 5 atom stereocenters. The molecule has 2 aliphatic carbocycles. The van der Waals surface area contributed by atoms with Gasteiger partial charge in [-0.15, -0.1) is 0 Å². The van der Waals surface area contributed by atoms with Gasteiger partial charge < -0.3 is 9.47 Å². The van der Waals surface area contributed by atoms with Crippen molar-refractivity contribution < 1.29 is 19.1 Å². The molecule has 0 amide bonds. The van der Waals surface area contributed by atoms with Crippen LogP contribution in [-0.2, 0) is 24.7 Å². The van der Waals surface area contributed by atoms with Crippen LogP contribution in [0, 0.1) is 23.7 Å². The van der Waals surface area contributed by atoms with Crippen molar-refractivity contribution in [1.29, 1.82) is 0 Å². The maximum Gasteiger partial charge on any atom is 0.310 e. The highest BCUT2D eigenvalue weighted by Crippen LogP contribution is 2.50. The highest BCUT2D eigenvalue weighted by atomic mass is 16.6. The van der Waals surface area contributed by atoms with Gasteiger partial charge >= 0.3 is 11.9 Å². The number of fused-ring (bicyclic) bond motifs is 2. The molecule has 4 nitrogen and oxygen atoms in total. The second-order valence-corrected chi connectivity index (χ2v) is 8.42. The Morgan fingerprint density at radius 2 is 1.81 bits per heavy atom. The molecule has 0 spiro atoms. The third kappa shape index (κ3) is 3.79. The largest absolute Gasteiger partial charge is 0.462 e. The van der Waals surface area contributed by atoms with E-state index in [1.165, 1.54) is 0 Å². The first-order chi connectivity index (χ1) is 12.3. The molecular weight excluding hydrogens is 328 g/mol. The van der Waals surface area contributed by atoms with Crippen molar-refractivity contribution in [3.05, 3.63) is 35.9 Å². The second kappa shape index (κ2) is 7.42. The summed E-state index contributed by atoms with van der Waals surface area (Å²) in [6, 6.07) is 9.84. The van der Waals surface area contributed by atoms with E-state index in [0.717, 1.165) is 31.2 Å². The van der Waals surface area contributed by atoms with Gasteiger partial charge in [0.2, 0.25) is 0 Å². The summed E-state index contributed by atoms with van der Waals surface area (Å²) < 4.78 is 11.6. The summed E-state index contributed by atoms with van der Waals surface area (Å²) in [4.78, 5) is 24.8. The van der Waals surface area contributed by atoms with Gasteiger partial charge in [0.05, 0.1) is 11.8 Å². The van der Waals surface area contributed by atoms with Crippen LogP contribution in [0.5, 0.6) is 0 Å². The minimum atomic E-state index is -0.636. The number of rotatable bonds is 6. The standard InChI is InChI=1S/C22H30O4/c1-5-14(2)20(23)25-19-13-15-11-16(19)12-18(15)21(24)26-22(3,4)17-9-7-6-8-10-17/h6-10,14-16,18-19H,5,11-13H2,1-4H3. The molecule has 5 unspecified atom stereocenters. The lowest BCUT2D eigenvalue weighted by Gasteiger charge is -2.31. The molecule has 0 aliphatic heterocycles. The predicted molar refractivity (Wildman–Crippen MR) is 99.2 cm³/mol. The van der Waals surface area contributed by atoms with E-state index in [1.54, 1.807) is 0 Å². The van der Waals surface area contributed by atoms with Crippen molar-refractivity contribution in [2.45, 2.75) is 65.1 Å². The van der Waals surface area contributed by atoms with Crippen LogP contribution in [-0.4, -0.2) is 18.0 Å². The molecule has 2 aliphatic rings. The Bertz CT molecular complexity index is 651. The van der Waals surface area contributed by atoms with E-state index in [2.05, 4.69) is 0 Å². The maximum atomic E-state index is 12.8. The van der Waals surface area contributed by atoms with Gasteiger partial charge in [-0.2, -0.15) is 0 Å². The molecular formula is C22H30O4. The normalized spacial score (nSPS) is 28.6. The van der Waals surface area contributed by atoms with Crippen molar-refractivity contribution in [2.75, 3.05) is 0 Å². The van der Waals surface area contributed by atoms with Crippen LogP contribution in [0.15, 0.2) is 30.3 Å². The van der Waals surface area contributed by atoms with Gasteiger partial charge in [-0.25, -0.2) is 0 Å². The third-order valence-electron chi connectivity index (χ3n) is 6.20. The lowest BCUT2D eigenvalue weighted by atomic mass is 9.86. The van der Waals surface area contributed by atoms with Gasteiger partial charge in [0.15, 0.2) is 0 Å². The number of carbonyl (C=O) groups excluding carboxylic acids is 2. The topological polar surface area (TPSA) is 52.6 Å². The summed E-state index contributed by atoms with van der Waals surface area (Å²) in [5.74, 6) is 0.231. The fourth-order valence-electron chi connectivity index (χ4n) is 4.31. The quantitative estimate of drug-likeness (QED) is 0.704. The van der Waals surface area contributed by atoms with E-state index >= 15 is 0 Å². The van der Waals surface area contributed by atoms with Crippen LogP contribution in [0.1, 0.15) is 58.9 Å². The molecule has 2 fully saturated rings. The summed E-state index contributed by atoms with van der Waals surface area (Å²) in [5, 5.41) is 0. The lowest BCUT2D eigenvalue weighted by molar-refractivity contribution is -0.166. The SMILES string of the molecule is CCC(C)C(=O)OC1CC2CC1CC2C(=O)OC(C)(C)c1ccccc1. The predicted octanol–water partition coefficient (Wildman–Crippen LogP) is 4.47. The highest BCUT2D eigenvalue weighted by Gasteiger charge is 2.51. The lowest BCUT2D eigenvalue weighted by Crippen LogP contribution is -2.35. The first-order valence-corrected chi connectivity index (χ1v) is 9.80. The van der Waals surface area contributed by atoms with Gasteiger partial charge in [0.1, 0.15) is 11.7 Å². The van der Waals surface area contributed by atoms with E-state index in [9.17, 15) is 9.59 Å². The van der Waals surface area contributed by atoms with Crippen molar-refractivity contribution in [3.63, 3.8) is 0 Å². The summed E-state index contributed by atoms with van der Waals surface area (Å²) in [6.07, 6.45) is 3.30. The van der Waals surface area contributed by atoms with Crippen LogP contribution < -0.4 is 0 Å². The molecule has 2 saturated carbocycles. The van der Waals surface area contributed by atoms with Crippen molar-refractivity contribution in [1.82, 2.24) is 0 Å². The van der Waals surface area contributed by atoms with Crippen LogP contribution in [0.4, 0.5) is 0 Å².